The lowest BCUT2D eigenvalue weighted by Crippen LogP contribution is -2.12. The summed E-state index contributed by atoms with van der Waals surface area (Å²) in [6.45, 7) is 0. The molecule has 1 aromatic carbocycles. The van der Waals surface area contributed by atoms with Gasteiger partial charge in [0.15, 0.2) is 0 Å². The zero-order valence-electron chi connectivity index (χ0n) is 11.0. The van der Waals surface area contributed by atoms with Gasteiger partial charge in [-0.15, -0.1) is 10.2 Å². The summed E-state index contributed by atoms with van der Waals surface area (Å²) in [5, 5.41) is 14.2. The number of amides is 1. The minimum atomic E-state index is -0.253. The average Bonchev–Trinajstić information content (AvgIpc) is 2.88. The number of anilines is 3. The fourth-order valence-electron chi connectivity index (χ4n) is 1.44. The van der Waals surface area contributed by atoms with Crippen LogP contribution >= 0.6 is 11.3 Å². The molecule has 1 aromatic heterocycles. The van der Waals surface area contributed by atoms with Gasteiger partial charge in [0.25, 0.3) is 5.91 Å². The highest BCUT2D eigenvalue weighted by Gasteiger charge is 2.12. The molecule has 2 aromatic rings. The summed E-state index contributed by atoms with van der Waals surface area (Å²) in [5.41, 5.74) is 1.81. The second-order valence-corrected chi connectivity index (χ2v) is 5.04. The molecule has 0 aliphatic heterocycles. The molecule has 6 nitrogen and oxygen atoms in total. The van der Waals surface area contributed by atoms with Crippen molar-refractivity contribution in [3.63, 3.8) is 0 Å². The summed E-state index contributed by atoms with van der Waals surface area (Å²) in [5.74, 6) is -0.253. The monoisotopic (exact) mass is 277 g/mol. The highest BCUT2D eigenvalue weighted by molar-refractivity contribution is 7.17. The minimum Gasteiger partial charge on any atom is -0.378 e. The first kappa shape index (κ1) is 13.3. The molecule has 100 valence electrons. The molecule has 0 saturated carbocycles. The molecular weight excluding hydrogens is 262 g/mol. The number of nitrogens with zero attached hydrogens (tertiary/aromatic N) is 3. The van der Waals surface area contributed by atoms with E-state index in [4.69, 9.17) is 0 Å². The SMILES string of the molecule is CNc1nnc(C(=O)Nc2ccc(N(C)C)cc2)s1. The van der Waals surface area contributed by atoms with Crippen LogP contribution in [0.25, 0.3) is 0 Å². The second-order valence-electron chi connectivity index (χ2n) is 4.06. The molecule has 19 heavy (non-hydrogen) atoms. The summed E-state index contributed by atoms with van der Waals surface area (Å²) in [6.07, 6.45) is 0. The minimum absolute atomic E-state index is 0.253. The van der Waals surface area contributed by atoms with E-state index >= 15 is 0 Å². The van der Waals surface area contributed by atoms with E-state index < -0.39 is 0 Å². The van der Waals surface area contributed by atoms with E-state index in [0.717, 1.165) is 11.4 Å². The number of nitrogens with one attached hydrogen (secondary N) is 2. The van der Waals surface area contributed by atoms with Crippen molar-refractivity contribution in [1.82, 2.24) is 10.2 Å². The Morgan fingerprint density at radius 3 is 2.42 bits per heavy atom. The lowest BCUT2D eigenvalue weighted by molar-refractivity contribution is 0.102. The second kappa shape index (κ2) is 5.66. The Balaban J connectivity index is 2.06. The number of carbonyl (C=O) groups is 1. The van der Waals surface area contributed by atoms with Crippen LogP contribution in [-0.2, 0) is 0 Å². The number of carbonyl (C=O) groups excluding carboxylic acids is 1. The zero-order chi connectivity index (χ0) is 13.8. The molecule has 2 N–H and O–H groups in total. The molecule has 0 atom stereocenters. The van der Waals surface area contributed by atoms with E-state index in [2.05, 4.69) is 20.8 Å². The lowest BCUT2D eigenvalue weighted by atomic mass is 10.2. The van der Waals surface area contributed by atoms with E-state index in [0.29, 0.717) is 10.1 Å². The van der Waals surface area contributed by atoms with Gasteiger partial charge in [-0.05, 0) is 24.3 Å². The summed E-state index contributed by atoms with van der Waals surface area (Å²) in [7, 11) is 5.67. The topological polar surface area (TPSA) is 70.1 Å². The third-order valence-electron chi connectivity index (χ3n) is 2.47. The van der Waals surface area contributed by atoms with Crippen molar-refractivity contribution in [3.05, 3.63) is 29.3 Å². The Hall–Kier alpha value is -2.15. The van der Waals surface area contributed by atoms with Crippen LogP contribution in [-0.4, -0.2) is 37.2 Å². The number of hydrogen-bond donors (Lipinski definition) is 2. The Kier molecular flexibility index (Phi) is 3.96. The fourth-order valence-corrected chi connectivity index (χ4v) is 2.04. The van der Waals surface area contributed by atoms with E-state index in [-0.39, 0.29) is 5.91 Å². The van der Waals surface area contributed by atoms with Gasteiger partial charge in [-0.1, -0.05) is 11.3 Å². The van der Waals surface area contributed by atoms with Gasteiger partial charge in [0, 0.05) is 32.5 Å². The van der Waals surface area contributed by atoms with Crippen molar-refractivity contribution in [3.8, 4) is 0 Å². The van der Waals surface area contributed by atoms with Gasteiger partial charge in [-0.25, -0.2) is 0 Å². The van der Waals surface area contributed by atoms with Crippen molar-refractivity contribution in [2.24, 2.45) is 0 Å². The fraction of sp³-hybridized carbons (Fsp3) is 0.250. The standard InChI is InChI=1S/C12H15N5OS/c1-13-12-16-15-11(19-12)10(18)14-8-4-6-9(7-5-8)17(2)3/h4-7H,1-3H3,(H,13,16)(H,14,18). The number of benzene rings is 1. The highest BCUT2D eigenvalue weighted by atomic mass is 32.1. The summed E-state index contributed by atoms with van der Waals surface area (Å²) >= 11 is 1.21. The van der Waals surface area contributed by atoms with Crippen LogP contribution in [0.4, 0.5) is 16.5 Å². The normalized spacial score (nSPS) is 10.1. The molecule has 0 fully saturated rings. The van der Waals surface area contributed by atoms with Gasteiger partial charge in [0.1, 0.15) is 0 Å². The maximum absolute atomic E-state index is 11.9. The van der Waals surface area contributed by atoms with E-state index in [1.165, 1.54) is 11.3 Å². The van der Waals surface area contributed by atoms with Gasteiger partial charge in [0.2, 0.25) is 10.1 Å². The molecule has 0 saturated heterocycles. The summed E-state index contributed by atoms with van der Waals surface area (Å²) in [6, 6.07) is 7.59. The van der Waals surface area contributed by atoms with Crippen LogP contribution in [0.3, 0.4) is 0 Å². The molecule has 2 rings (SSSR count). The summed E-state index contributed by atoms with van der Waals surface area (Å²) in [4.78, 5) is 13.9. The average molecular weight is 277 g/mol. The first-order valence-electron chi connectivity index (χ1n) is 5.70. The maximum Gasteiger partial charge on any atom is 0.286 e. The van der Waals surface area contributed by atoms with E-state index in [1.807, 2.05) is 43.3 Å². The maximum atomic E-state index is 11.9. The van der Waals surface area contributed by atoms with Gasteiger partial charge in [-0.3, -0.25) is 4.79 Å². The molecule has 0 aliphatic carbocycles. The third-order valence-corrected chi connectivity index (χ3v) is 3.41. The predicted molar refractivity (Wildman–Crippen MR) is 78.2 cm³/mol. The van der Waals surface area contributed by atoms with Gasteiger partial charge >= 0.3 is 0 Å². The van der Waals surface area contributed by atoms with Crippen molar-refractivity contribution >= 4 is 33.8 Å². The van der Waals surface area contributed by atoms with Crippen LogP contribution in [0.5, 0.6) is 0 Å². The Bertz CT molecular complexity index is 564. The Morgan fingerprint density at radius 1 is 1.21 bits per heavy atom. The smallest absolute Gasteiger partial charge is 0.286 e. The Labute approximate surface area is 115 Å². The molecular formula is C12H15N5OS. The first-order chi connectivity index (χ1) is 9.10. The number of aromatic nitrogens is 2. The van der Waals surface area contributed by atoms with Crippen LogP contribution in [0.15, 0.2) is 24.3 Å². The third kappa shape index (κ3) is 3.19. The van der Waals surface area contributed by atoms with Gasteiger partial charge in [-0.2, -0.15) is 0 Å². The zero-order valence-corrected chi connectivity index (χ0v) is 11.8. The van der Waals surface area contributed by atoms with Crippen LogP contribution in [0.1, 0.15) is 9.80 Å². The van der Waals surface area contributed by atoms with E-state index in [9.17, 15) is 4.79 Å². The molecule has 7 heteroatoms. The molecule has 1 heterocycles. The summed E-state index contributed by atoms with van der Waals surface area (Å²) < 4.78 is 0. The van der Waals surface area contributed by atoms with E-state index in [1.54, 1.807) is 7.05 Å². The predicted octanol–water partition coefficient (Wildman–Crippen LogP) is 1.90. The quantitative estimate of drug-likeness (QED) is 0.893. The van der Waals surface area contributed by atoms with Gasteiger partial charge < -0.3 is 15.5 Å². The molecule has 0 radical (unpaired) electrons. The molecule has 1 amide bonds. The Morgan fingerprint density at radius 2 is 1.89 bits per heavy atom. The van der Waals surface area contributed by atoms with Crippen LogP contribution < -0.4 is 15.5 Å². The van der Waals surface area contributed by atoms with Gasteiger partial charge in [0.05, 0.1) is 0 Å². The lowest BCUT2D eigenvalue weighted by Gasteiger charge is -2.12. The molecule has 0 bridgehead atoms. The first-order valence-corrected chi connectivity index (χ1v) is 6.52. The van der Waals surface area contributed by atoms with Crippen molar-refractivity contribution in [1.29, 1.82) is 0 Å². The van der Waals surface area contributed by atoms with Crippen molar-refractivity contribution in [2.45, 2.75) is 0 Å². The van der Waals surface area contributed by atoms with Crippen LogP contribution in [0.2, 0.25) is 0 Å². The van der Waals surface area contributed by atoms with Crippen molar-refractivity contribution < 1.29 is 4.79 Å². The number of rotatable bonds is 4. The van der Waals surface area contributed by atoms with Crippen LogP contribution in [0, 0.1) is 0 Å². The largest absolute Gasteiger partial charge is 0.378 e. The number of hydrogen-bond acceptors (Lipinski definition) is 6. The highest BCUT2D eigenvalue weighted by Crippen LogP contribution is 2.18. The molecule has 0 unspecified atom stereocenters. The molecule has 0 aliphatic rings. The van der Waals surface area contributed by atoms with Crippen molar-refractivity contribution in [2.75, 3.05) is 36.7 Å². The molecule has 0 spiro atoms.